The molecule has 3 aliphatic heterocycles. The lowest BCUT2D eigenvalue weighted by Gasteiger charge is -2.32. The van der Waals surface area contributed by atoms with Gasteiger partial charge in [0.15, 0.2) is 17.0 Å². The fourth-order valence-electron chi connectivity index (χ4n) is 4.91. The quantitative estimate of drug-likeness (QED) is 0.529. The van der Waals surface area contributed by atoms with E-state index in [9.17, 15) is 0 Å². The molecule has 0 aliphatic carbocycles. The van der Waals surface area contributed by atoms with Gasteiger partial charge < -0.3 is 25.2 Å². The monoisotopic (exact) mass is 484 g/mol. The molecule has 2 aromatic heterocycles. The number of rotatable bonds is 9. The van der Waals surface area contributed by atoms with Gasteiger partial charge in [-0.05, 0) is 26.3 Å². The molecule has 0 amide bonds. The van der Waals surface area contributed by atoms with Crippen molar-refractivity contribution in [2.45, 2.75) is 19.3 Å². The minimum absolute atomic E-state index is 0.652. The summed E-state index contributed by atoms with van der Waals surface area (Å²) in [6.45, 7) is 13.7. The summed E-state index contributed by atoms with van der Waals surface area (Å²) in [4.78, 5) is 28.9. The van der Waals surface area contributed by atoms with E-state index in [1.165, 1.54) is 19.3 Å². The first-order chi connectivity index (χ1) is 17.2. The van der Waals surface area contributed by atoms with Crippen LogP contribution >= 0.6 is 0 Å². The number of hydrogen-bond donors (Lipinski definition) is 2. The molecule has 192 valence electrons. The fourth-order valence-corrected chi connectivity index (χ4v) is 4.91. The van der Waals surface area contributed by atoms with Gasteiger partial charge in [0, 0.05) is 78.5 Å². The summed E-state index contributed by atoms with van der Waals surface area (Å²) in [6, 6.07) is 0. The number of hydrogen-bond acceptors (Lipinski definition) is 11. The first kappa shape index (κ1) is 24.4. The average Bonchev–Trinajstić information content (AvgIpc) is 2.90. The Balaban J connectivity index is 1.27. The van der Waals surface area contributed by atoms with E-state index in [-0.39, 0.29) is 0 Å². The maximum Gasteiger partial charge on any atom is 0.229 e. The highest BCUT2D eigenvalue weighted by Gasteiger charge is 2.19. The van der Waals surface area contributed by atoms with Crippen LogP contribution < -0.4 is 15.5 Å². The normalized spacial score (nSPS) is 20.9. The average molecular weight is 485 g/mol. The number of fused-ring (bicyclic) bond motifs is 1. The number of nitrogens with zero attached hydrogens (tertiary/aromatic N) is 8. The number of anilines is 3. The maximum absolute atomic E-state index is 5.47. The number of aromatic nitrogens is 4. The van der Waals surface area contributed by atoms with Gasteiger partial charge in [0.2, 0.25) is 5.95 Å². The molecule has 2 N–H and O–H groups in total. The van der Waals surface area contributed by atoms with Crippen molar-refractivity contribution in [3.05, 3.63) is 6.20 Å². The number of piperidine rings is 1. The van der Waals surface area contributed by atoms with E-state index in [1.807, 2.05) is 6.20 Å². The second-order valence-electron chi connectivity index (χ2n) is 9.80. The maximum atomic E-state index is 5.47. The molecule has 0 radical (unpaired) electrons. The number of piperazine rings is 1. The third-order valence-electron chi connectivity index (χ3n) is 7.19. The van der Waals surface area contributed by atoms with Gasteiger partial charge in [-0.3, -0.25) is 9.80 Å². The van der Waals surface area contributed by atoms with E-state index in [1.54, 1.807) is 0 Å². The Labute approximate surface area is 208 Å². The molecule has 0 bridgehead atoms. The first-order valence-corrected chi connectivity index (χ1v) is 13.2. The summed E-state index contributed by atoms with van der Waals surface area (Å²) >= 11 is 0. The molecule has 35 heavy (non-hydrogen) atoms. The molecule has 11 heteroatoms. The predicted molar refractivity (Wildman–Crippen MR) is 139 cm³/mol. The van der Waals surface area contributed by atoms with E-state index in [0.29, 0.717) is 5.65 Å². The van der Waals surface area contributed by atoms with Gasteiger partial charge in [0.05, 0.1) is 19.4 Å². The van der Waals surface area contributed by atoms with Crippen molar-refractivity contribution in [1.82, 2.24) is 34.6 Å². The van der Waals surface area contributed by atoms with Gasteiger partial charge >= 0.3 is 0 Å². The molecule has 0 aromatic carbocycles. The molecular weight excluding hydrogens is 444 g/mol. The van der Waals surface area contributed by atoms with Crippen molar-refractivity contribution in [2.75, 3.05) is 114 Å². The van der Waals surface area contributed by atoms with Gasteiger partial charge in [-0.15, -0.1) is 0 Å². The van der Waals surface area contributed by atoms with Gasteiger partial charge in [-0.2, -0.15) is 9.97 Å². The zero-order valence-electron chi connectivity index (χ0n) is 21.1. The highest BCUT2D eigenvalue weighted by Crippen LogP contribution is 2.24. The van der Waals surface area contributed by atoms with Gasteiger partial charge in [-0.1, -0.05) is 0 Å². The lowest BCUT2D eigenvalue weighted by Crippen LogP contribution is -2.45. The second kappa shape index (κ2) is 12.1. The molecule has 0 saturated carbocycles. The largest absolute Gasteiger partial charge is 0.379 e. The van der Waals surface area contributed by atoms with Crippen LogP contribution in [-0.2, 0) is 4.74 Å². The minimum atomic E-state index is 0.652. The molecule has 2 aromatic rings. The third-order valence-corrected chi connectivity index (χ3v) is 7.19. The summed E-state index contributed by atoms with van der Waals surface area (Å²) in [5, 5.41) is 6.99. The van der Waals surface area contributed by atoms with Crippen molar-refractivity contribution in [3.63, 3.8) is 0 Å². The lowest BCUT2D eigenvalue weighted by molar-refractivity contribution is 0.0398. The number of likely N-dealkylation sites (N-methyl/N-ethyl adjacent to an activating group) is 1. The van der Waals surface area contributed by atoms with Crippen molar-refractivity contribution >= 4 is 28.7 Å². The predicted octanol–water partition coefficient (Wildman–Crippen LogP) is 0.814. The Morgan fingerprint density at radius 1 is 0.800 bits per heavy atom. The first-order valence-electron chi connectivity index (χ1n) is 13.2. The van der Waals surface area contributed by atoms with Crippen LogP contribution in [0.5, 0.6) is 0 Å². The SMILES string of the molecule is CN1CCN(CCNc2cnc3c(NCCN4CCOCC4)nc(N4CCCCC4)nc3n2)CC1. The minimum Gasteiger partial charge on any atom is -0.379 e. The zero-order chi connectivity index (χ0) is 23.9. The van der Waals surface area contributed by atoms with E-state index < -0.39 is 0 Å². The van der Waals surface area contributed by atoms with Crippen LogP contribution in [-0.4, -0.2) is 133 Å². The van der Waals surface area contributed by atoms with Crippen LogP contribution in [0.1, 0.15) is 19.3 Å². The van der Waals surface area contributed by atoms with Crippen LogP contribution in [0.15, 0.2) is 6.20 Å². The van der Waals surface area contributed by atoms with Crippen molar-refractivity contribution < 1.29 is 4.74 Å². The summed E-state index contributed by atoms with van der Waals surface area (Å²) in [6.07, 6.45) is 5.45. The molecule has 3 fully saturated rings. The third kappa shape index (κ3) is 6.66. The molecule has 11 nitrogen and oxygen atoms in total. The number of morpholine rings is 1. The van der Waals surface area contributed by atoms with Crippen LogP contribution in [0, 0.1) is 0 Å². The molecule has 5 rings (SSSR count). The standard InChI is InChI=1S/C24H40N10O/c1-31-11-13-32(14-12-31)9-5-25-20-19-27-21-22(26-6-10-33-15-17-35-18-16-33)29-24(30-23(21)28-20)34-7-3-2-4-8-34/h19H,2-18H2,1H3,(H2,25,26,28,29,30). The number of ether oxygens (including phenoxy) is 1. The smallest absolute Gasteiger partial charge is 0.229 e. The van der Waals surface area contributed by atoms with Crippen LogP contribution in [0.3, 0.4) is 0 Å². The van der Waals surface area contributed by atoms with Crippen molar-refractivity contribution in [2.24, 2.45) is 0 Å². The summed E-state index contributed by atoms with van der Waals surface area (Å²) in [5.41, 5.74) is 1.39. The Morgan fingerprint density at radius 2 is 1.51 bits per heavy atom. The van der Waals surface area contributed by atoms with Crippen molar-refractivity contribution in [3.8, 4) is 0 Å². The molecule has 0 unspecified atom stereocenters. The molecular formula is C24H40N10O. The molecule has 0 atom stereocenters. The highest BCUT2D eigenvalue weighted by molar-refractivity contribution is 5.84. The van der Waals surface area contributed by atoms with Crippen LogP contribution in [0.2, 0.25) is 0 Å². The molecule has 0 spiro atoms. The van der Waals surface area contributed by atoms with Crippen molar-refractivity contribution in [1.29, 1.82) is 0 Å². The fraction of sp³-hybridized carbons (Fsp3) is 0.750. The van der Waals surface area contributed by atoms with E-state index in [2.05, 4.69) is 37.3 Å². The van der Waals surface area contributed by atoms with Crippen LogP contribution in [0.4, 0.5) is 17.6 Å². The molecule has 5 heterocycles. The Kier molecular flexibility index (Phi) is 8.40. The second-order valence-corrected chi connectivity index (χ2v) is 9.80. The van der Waals surface area contributed by atoms with E-state index in [4.69, 9.17) is 24.7 Å². The molecule has 3 aliphatic rings. The lowest BCUT2D eigenvalue weighted by atomic mass is 10.1. The summed E-state index contributed by atoms with van der Waals surface area (Å²) in [7, 11) is 2.19. The van der Waals surface area contributed by atoms with Gasteiger partial charge in [0.1, 0.15) is 5.82 Å². The summed E-state index contributed by atoms with van der Waals surface area (Å²) in [5.74, 6) is 2.31. The van der Waals surface area contributed by atoms with Crippen LogP contribution in [0.25, 0.3) is 11.2 Å². The zero-order valence-corrected chi connectivity index (χ0v) is 21.1. The number of nitrogens with one attached hydrogen (secondary N) is 2. The van der Waals surface area contributed by atoms with E-state index in [0.717, 1.165) is 115 Å². The van der Waals surface area contributed by atoms with E-state index >= 15 is 0 Å². The Hall–Kier alpha value is -2.34. The Morgan fingerprint density at radius 3 is 2.29 bits per heavy atom. The summed E-state index contributed by atoms with van der Waals surface area (Å²) < 4.78 is 5.47. The topological polar surface area (TPSA) is 97.8 Å². The highest BCUT2D eigenvalue weighted by atomic mass is 16.5. The van der Waals surface area contributed by atoms with Gasteiger partial charge in [-0.25, -0.2) is 9.97 Å². The molecule has 3 saturated heterocycles. The Bertz CT molecular complexity index is 939. The van der Waals surface area contributed by atoms with Gasteiger partial charge in [0.25, 0.3) is 0 Å².